The van der Waals surface area contributed by atoms with Gasteiger partial charge in [0.05, 0.1) is 24.4 Å². The number of morpholine rings is 1. The Balaban J connectivity index is 1.57. The molecule has 0 unspecified atom stereocenters. The number of nitrogens with zero attached hydrogens (tertiary/aromatic N) is 3. The predicted molar refractivity (Wildman–Crippen MR) is 86.6 cm³/mol. The molecule has 7 heteroatoms. The van der Waals surface area contributed by atoms with Crippen LogP contribution in [0.15, 0.2) is 41.6 Å². The number of nitrogens with one attached hydrogen (secondary N) is 1. The number of thiophene rings is 1. The highest BCUT2D eigenvalue weighted by Gasteiger charge is 2.12. The van der Waals surface area contributed by atoms with Gasteiger partial charge in [0.2, 0.25) is 0 Å². The van der Waals surface area contributed by atoms with Crippen LogP contribution in [-0.2, 0) is 4.74 Å². The molecule has 0 radical (unpaired) electrons. The number of anilines is 1. The lowest BCUT2D eigenvalue weighted by atomic mass is 10.3. The van der Waals surface area contributed by atoms with Crippen LogP contribution in [0.25, 0.3) is 0 Å². The molecule has 1 N–H and O–H groups in total. The molecule has 0 aromatic carbocycles. The normalized spacial score (nSPS) is 15.2. The number of pyridine rings is 1. The first kappa shape index (κ1) is 14.7. The molecule has 0 bridgehead atoms. The van der Waals surface area contributed by atoms with Crippen LogP contribution in [0.3, 0.4) is 0 Å². The Kier molecular flexibility index (Phi) is 4.77. The molecule has 1 saturated heterocycles. The molecule has 3 heterocycles. The van der Waals surface area contributed by atoms with Crippen molar-refractivity contribution in [3.8, 4) is 0 Å². The first-order valence-corrected chi connectivity index (χ1v) is 7.81. The molecular formula is C15H16N4O2S. The van der Waals surface area contributed by atoms with Crippen molar-refractivity contribution in [2.24, 2.45) is 5.10 Å². The second-order valence-corrected chi connectivity index (χ2v) is 5.78. The average molecular weight is 316 g/mol. The van der Waals surface area contributed by atoms with Crippen LogP contribution in [0.1, 0.15) is 15.4 Å². The fraction of sp³-hybridized carbons (Fsp3) is 0.267. The minimum absolute atomic E-state index is 0.318. The molecule has 1 fully saturated rings. The van der Waals surface area contributed by atoms with Crippen molar-refractivity contribution in [1.82, 2.24) is 10.4 Å². The van der Waals surface area contributed by atoms with E-state index < -0.39 is 0 Å². The van der Waals surface area contributed by atoms with Crippen LogP contribution in [0.4, 0.5) is 5.00 Å². The number of carbonyl (C=O) groups is 1. The lowest BCUT2D eigenvalue weighted by Crippen LogP contribution is -2.35. The van der Waals surface area contributed by atoms with Gasteiger partial charge in [-0.1, -0.05) is 6.07 Å². The Hall–Kier alpha value is -2.25. The van der Waals surface area contributed by atoms with Gasteiger partial charge >= 0.3 is 0 Å². The van der Waals surface area contributed by atoms with Crippen molar-refractivity contribution in [3.05, 3.63) is 47.1 Å². The summed E-state index contributed by atoms with van der Waals surface area (Å²) in [4.78, 5) is 19.0. The second kappa shape index (κ2) is 7.15. The minimum atomic E-state index is -0.318. The van der Waals surface area contributed by atoms with Gasteiger partial charge in [-0.2, -0.15) is 5.10 Å². The summed E-state index contributed by atoms with van der Waals surface area (Å²) in [6.07, 6.45) is 3.22. The van der Waals surface area contributed by atoms with E-state index in [-0.39, 0.29) is 5.91 Å². The van der Waals surface area contributed by atoms with Gasteiger partial charge in [0.25, 0.3) is 5.91 Å². The van der Waals surface area contributed by atoms with Crippen molar-refractivity contribution >= 4 is 28.5 Å². The predicted octanol–water partition coefficient (Wildman–Crippen LogP) is 1.74. The van der Waals surface area contributed by atoms with Gasteiger partial charge < -0.3 is 9.64 Å². The summed E-state index contributed by atoms with van der Waals surface area (Å²) in [7, 11) is 0. The Morgan fingerprint density at radius 1 is 1.32 bits per heavy atom. The molecule has 1 aliphatic rings. The van der Waals surface area contributed by atoms with Gasteiger partial charge in [-0.3, -0.25) is 9.78 Å². The molecule has 1 aliphatic heterocycles. The van der Waals surface area contributed by atoms with Crippen LogP contribution in [-0.4, -0.2) is 43.4 Å². The molecule has 3 rings (SSSR count). The molecule has 2 aromatic heterocycles. The smallest absolute Gasteiger partial charge is 0.289 e. The Bertz CT molecular complexity index is 651. The first-order valence-electron chi connectivity index (χ1n) is 7.00. The Morgan fingerprint density at radius 3 is 2.95 bits per heavy atom. The summed E-state index contributed by atoms with van der Waals surface area (Å²) < 4.78 is 5.34. The SMILES string of the molecule is O=C(N/N=C\c1ccc(N2CCOCC2)s1)c1ccccn1. The summed E-state index contributed by atoms with van der Waals surface area (Å²) in [6.45, 7) is 3.35. The maximum atomic E-state index is 11.8. The summed E-state index contributed by atoms with van der Waals surface area (Å²) in [5.74, 6) is -0.318. The van der Waals surface area contributed by atoms with E-state index in [2.05, 4.69) is 26.5 Å². The molecule has 0 spiro atoms. The topological polar surface area (TPSA) is 66.8 Å². The number of hydrazone groups is 1. The molecule has 0 aliphatic carbocycles. The van der Waals surface area contributed by atoms with Gasteiger partial charge in [0.1, 0.15) is 5.69 Å². The molecule has 1 amide bonds. The monoisotopic (exact) mass is 316 g/mol. The molecule has 0 saturated carbocycles. The summed E-state index contributed by atoms with van der Waals surface area (Å²) >= 11 is 1.64. The zero-order chi connectivity index (χ0) is 15.2. The summed E-state index contributed by atoms with van der Waals surface area (Å²) in [6, 6.07) is 9.23. The highest BCUT2D eigenvalue weighted by molar-refractivity contribution is 7.17. The first-order chi connectivity index (χ1) is 10.8. The summed E-state index contributed by atoms with van der Waals surface area (Å²) in [5.41, 5.74) is 2.82. The van der Waals surface area contributed by atoms with Crippen molar-refractivity contribution in [1.29, 1.82) is 0 Å². The van der Waals surface area contributed by atoms with E-state index in [1.807, 2.05) is 6.07 Å². The molecule has 22 heavy (non-hydrogen) atoms. The third kappa shape index (κ3) is 3.69. The fourth-order valence-corrected chi connectivity index (χ4v) is 3.00. The van der Waals surface area contributed by atoms with Crippen molar-refractivity contribution in [2.75, 3.05) is 31.2 Å². The van der Waals surface area contributed by atoms with Gasteiger partial charge in [-0.25, -0.2) is 5.43 Å². The molecule has 0 atom stereocenters. The van der Waals surface area contributed by atoms with Gasteiger partial charge in [0, 0.05) is 24.2 Å². The third-order valence-electron chi connectivity index (χ3n) is 3.19. The molecule has 114 valence electrons. The lowest BCUT2D eigenvalue weighted by Gasteiger charge is -2.27. The average Bonchev–Trinajstić information content (AvgIpc) is 3.05. The number of hydrogen-bond acceptors (Lipinski definition) is 6. The van der Waals surface area contributed by atoms with E-state index in [9.17, 15) is 4.79 Å². The minimum Gasteiger partial charge on any atom is -0.378 e. The van der Waals surface area contributed by atoms with E-state index in [1.165, 1.54) is 5.00 Å². The van der Waals surface area contributed by atoms with E-state index in [1.54, 1.807) is 41.9 Å². The van der Waals surface area contributed by atoms with Crippen LogP contribution >= 0.6 is 11.3 Å². The van der Waals surface area contributed by atoms with Crippen LogP contribution in [0.2, 0.25) is 0 Å². The van der Waals surface area contributed by atoms with Crippen molar-refractivity contribution in [2.45, 2.75) is 0 Å². The maximum Gasteiger partial charge on any atom is 0.289 e. The number of rotatable bonds is 4. The largest absolute Gasteiger partial charge is 0.378 e. The van der Waals surface area contributed by atoms with Gasteiger partial charge in [-0.15, -0.1) is 11.3 Å². The van der Waals surface area contributed by atoms with Gasteiger partial charge in [0.15, 0.2) is 0 Å². The van der Waals surface area contributed by atoms with Crippen molar-refractivity contribution in [3.63, 3.8) is 0 Å². The van der Waals surface area contributed by atoms with Gasteiger partial charge in [-0.05, 0) is 24.3 Å². The van der Waals surface area contributed by atoms with E-state index in [0.717, 1.165) is 31.2 Å². The number of ether oxygens (including phenoxy) is 1. The Morgan fingerprint density at radius 2 is 2.18 bits per heavy atom. The van der Waals surface area contributed by atoms with E-state index in [4.69, 9.17) is 4.74 Å². The zero-order valence-corrected chi connectivity index (χ0v) is 12.8. The number of aromatic nitrogens is 1. The van der Waals surface area contributed by atoms with Crippen LogP contribution in [0, 0.1) is 0 Å². The molecular weight excluding hydrogens is 300 g/mol. The fourth-order valence-electron chi connectivity index (χ4n) is 2.07. The summed E-state index contributed by atoms with van der Waals surface area (Å²) in [5, 5.41) is 5.17. The standard InChI is InChI=1S/C15H16N4O2S/c20-15(13-3-1-2-6-16-13)18-17-11-12-4-5-14(22-12)19-7-9-21-10-8-19/h1-6,11H,7-10H2,(H,18,20)/b17-11-. The van der Waals surface area contributed by atoms with E-state index >= 15 is 0 Å². The van der Waals surface area contributed by atoms with Crippen LogP contribution in [0.5, 0.6) is 0 Å². The Labute approximate surface area is 132 Å². The molecule has 6 nitrogen and oxygen atoms in total. The van der Waals surface area contributed by atoms with Crippen LogP contribution < -0.4 is 10.3 Å². The second-order valence-electron chi connectivity index (χ2n) is 4.69. The molecule has 2 aromatic rings. The van der Waals surface area contributed by atoms with Crippen molar-refractivity contribution < 1.29 is 9.53 Å². The number of amides is 1. The van der Waals surface area contributed by atoms with E-state index in [0.29, 0.717) is 5.69 Å². The number of carbonyl (C=O) groups excluding carboxylic acids is 1. The zero-order valence-electron chi connectivity index (χ0n) is 11.9. The lowest BCUT2D eigenvalue weighted by molar-refractivity contribution is 0.0950. The maximum absolute atomic E-state index is 11.8. The quantitative estimate of drug-likeness (QED) is 0.689. The highest BCUT2D eigenvalue weighted by Crippen LogP contribution is 2.25. The number of hydrogen-bond donors (Lipinski definition) is 1. The third-order valence-corrected chi connectivity index (χ3v) is 4.27. The highest BCUT2D eigenvalue weighted by atomic mass is 32.1.